The highest BCUT2D eigenvalue weighted by atomic mass is 16.6. The number of nitro groups is 1. The molecule has 0 unspecified atom stereocenters. The number of carbonyl (C=O) groups excluding carboxylic acids is 1. The number of hydrogen-bond acceptors (Lipinski definition) is 6. The third-order valence-electron chi connectivity index (χ3n) is 2.89. The van der Waals surface area contributed by atoms with Crippen molar-refractivity contribution in [3.8, 4) is 0 Å². The Balaban J connectivity index is 2.29. The summed E-state index contributed by atoms with van der Waals surface area (Å²) in [6.07, 6.45) is 0. The van der Waals surface area contributed by atoms with Crippen molar-refractivity contribution in [2.75, 3.05) is 13.2 Å². The van der Waals surface area contributed by atoms with E-state index in [4.69, 9.17) is 9.47 Å². The predicted molar refractivity (Wildman–Crippen MR) is 74.9 cm³/mol. The molecule has 110 valence electrons. The van der Waals surface area contributed by atoms with Gasteiger partial charge >= 0.3 is 5.97 Å². The first-order chi connectivity index (χ1) is 10.0. The minimum absolute atomic E-state index is 0.00610. The Hall–Kier alpha value is -2.70. The van der Waals surface area contributed by atoms with Crippen LogP contribution in [0.5, 0.6) is 0 Å². The number of esters is 1. The third kappa shape index (κ3) is 3.25. The molecule has 0 fully saturated rings. The summed E-state index contributed by atoms with van der Waals surface area (Å²) in [4.78, 5) is 26.2. The minimum atomic E-state index is -0.547. The molecule has 0 spiro atoms. The molecule has 0 N–H and O–H groups in total. The zero-order chi connectivity index (χ0) is 15.4. The van der Waals surface area contributed by atoms with Gasteiger partial charge in [-0.1, -0.05) is 0 Å². The average Bonchev–Trinajstić information content (AvgIpc) is 2.48. The van der Waals surface area contributed by atoms with Crippen LogP contribution >= 0.6 is 0 Å². The summed E-state index contributed by atoms with van der Waals surface area (Å²) >= 11 is 0. The van der Waals surface area contributed by atoms with E-state index in [1.54, 1.807) is 26.0 Å². The van der Waals surface area contributed by atoms with Gasteiger partial charge in [0.15, 0.2) is 5.70 Å². The summed E-state index contributed by atoms with van der Waals surface area (Å²) in [5, 5.41) is 10.6. The highest BCUT2D eigenvalue weighted by molar-refractivity contribution is 6.05. The Labute approximate surface area is 121 Å². The summed E-state index contributed by atoms with van der Waals surface area (Å²) in [7, 11) is 0. The van der Waals surface area contributed by atoms with Crippen molar-refractivity contribution in [2.45, 2.75) is 13.8 Å². The number of allylic oxidation sites excluding steroid dienone is 1. The lowest BCUT2D eigenvalue weighted by Crippen LogP contribution is -2.20. The summed E-state index contributed by atoms with van der Waals surface area (Å²) in [5.74, 6) is -0.145. The first kappa shape index (κ1) is 14.7. The average molecular weight is 290 g/mol. The molecule has 0 amide bonds. The van der Waals surface area contributed by atoms with E-state index in [0.29, 0.717) is 17.0 Å². The number of nitrogens with zero attached hydrogens (tertiary/aromatic N) is 2. The summed E-state index contributed by atoms with van der Waals surface area (Å²) in [5.41, 5.74) is 1.30. The molecule has 1 aromatic rings. The van der Waals surface area contributed by atoms with E-state index in [-0.39, 0.29) is 24.6 Å². The minimum Gasteiger partial charge on any atom is -0.489 e. The summed E-state index contributed by atoms with van der Waals surface area (Å²) in [6.45, 7) is 3.80. The molecule has 1 aromatic carbocycles. The number of aliphatic imine (C=N–C) groups is 1. The maximum Gasteiger partial charge on any atom is 0.360 e. The van der Waals surface area contributed by atoms with E-state index in [1.807, 2.05) is 0 Å². The van der Waals surface area contributed by atoms with Gasteiger partial charge in [-0.15, -0.1) is 0 Å². The molecule has 0 saturated carbocycles. The number of nitro benzene ring substituents is 1. The lowest BCUT2D eigenvalue weighted by Gasteiger charge is -2.17. The van der Waals surface area contributed by atoms with Gasteiger partial charge in [0.1, 0.15) is 12.4 Å². The van der Waals surface area contributed by atoms with Crippen LogP contribution in [0, 0.1) is 10.1 Å². The van der Waals surface area contributed by atoms with Crippen LogP contribution in [-0.2, 0) is 14.3 Å². The Bertz CT molecular complexity index is 631. The molecule has 7 nitrogen and oxygen atoms in total. The maximum atomic E-state index is 11.8. The van der Waals surface area contributed by atoms with Gasteiger partial charge in [0.05, 0.1) is 17.2 Å². The van der Waals surface area contributed by atoms with Gasteiger partial charge in [0.2, 0.25) is 0 Å². The number of rotatable bonds is 4. The van der Waals surface area contributed by atoms with Crippen LogP contribution < -0.4 is 0 Å². The number of ether oxygens (including phenoxy) is 2. The van der Waals surface area contributed by atoms with Crippen LogP contribution in [-0.4, -0.2) is 29.8 Å². The molecule has 2 rings (SSSR count). The quantitative estimate of drug-likeness (QED) is 0.481. The lowest BCUT2D eigenvalue weighted by atomic mass is 10.1. The van der Waals surface area contributed by atoms with Crippen molar-refractivity contribution in [1.82, 2.24) is 0 Å². The van der Waals surface area contributed by atoms with Gasteiger partial charge in [-0.05, 0) is 31.5 Å². The second-order valence-corrected chi connectivity index (χ2v) is 4.28. The van der Waals surface area contributed by atoms with Crippen LogP contribution in [0.4, 0.5) is 5.69 Å². The van der Waals surface area contributed by atoms with E-state index < -0.39 is 10.9 Å². The van der Waals surface area contributed by atoms with Gasteiger partial charge in [0.25, 0.3) is 5.69 Å². The van der Waals surface area contributed by atoms with Crippen LogP contribution in [0.2, 0.25) is 0 Å². The second kappa shape index (κ2) is 6.17. The monoisotopic (exact) mass is 290 g/mol. The van der Waals surface area contributed by atoms with Gasteiger partial charge in [0, 0.05) is 12.1 Å². The topological polar surface area (TPSA) is 91.0 Å². The predicted octanol–water partition coefficient (Wildman–Crippen LogP) is 2.21. The number of benzene rings is 1. The fourth-order valence-corrected chi connectivity index (χ4v) is 1.80. The first-order valence-corrected chi connectivity index (χ1v) is 6.36. The van der Waals surface area contributed by atoms with Crippen LogP contribution in [0.15, 0.2) is 40.7 Å². The zero-order valence-corrected chi connectivity index (χ0v) is 11.7. The maximum absolute atomic E-state index is 11.8. The molecule has 0 aromatic heterocycles. The van der Waals surface area contributed by atoms with Crippen molar-refractivity contribution in [1.29, 1.82) is 0 Å². The van der Waals surface area contributed by atoms with Gasteiger partial charge in [-0.3, -0.25) is 10.1 Å². The van der Waals surface area contributed by atoms with E-state index in [0.717, 1.165) is 0 Å². The Morgan fingerprint density at radius 3 is 2.67 bits per heavy atom. The molecule has 0 radical (unpaired) electrons. The molecule has 7 heteroatoms. The molecule has 21 heavy (non-hydrogen) atoms. The van der Waals surface area contributed by atoms with Crippen molar-refractivity contribution >= 4 is 17.4 Å². The Morgan fingerprint density at radius 2 is 2.10 bits per heavy atom. The normalized spacial score (nSPS) is 14.3. The van der Waals surface area contributed by atoms with Crippen molar-refractivity contribution < 1.29 is 19.2 Å². The molecule has 0 bridgehead atoms. The molecule has 1 heterocycles. The third-order valence-corrected chi connectivity index (χ3v) is 2.89. The zero-order valence-electron chi connectivity index (χ0n) is 11.7. The lowest BCUT2D eigenvalue weighted by molar-refractivity contribution is -0.384. The second-order valence-electron chi connectivity index (χ2n) is 4.28. The molecular formula is C14H14N2O5. The smallest absolute Gasteiger partial charge is 0.360 e. The number of hydrogen-bond donors (Lipinski definition) is 0. The van der Waals surface area contributed by atoms with Crippen LogP contribution in [0.3, 0.4) is 0 Å². The van der Waals surface area contributed by atoms with Crippen molar-refractivity contribution in [3.05, 3.63) is 51.4 Å². The van der Waals surface area contributed by atoms with E-state index in [2.05, 4.69) is 4.99 Å². The Morgan fingerprint density at radius 1 is 1.43 bits per heavy atom. The molecular weight excluding hydrogens is 276 g/mol. The largest absolute Gasteiger partial charge is 0.489 e. The van der Waals surface area contributed by atoms with E-state index in [9.17, 15) is 14.9 Å². The van der Waals surface area contributed by atoms with E-state index in [1.165, 1.54) is 12.1 Å². The molecule has 0 aliphatic carbocycles. The van der Waals surface area contributed by atoms with E-state index >= 15 is 0 Å². The highest BCUT2D eigenvalue weighted by Gasteiger charge is 2.21. The molecule has 1 aliphatic heterocycles. The van der Waals surface area contributed by atoms with Crippen LogP contribution in [0.1, 0.15) is 19.4 Å². The number of non-ortho nitro benzene ring substituents is 1. The van der Waals surface area contributed by atoms with Crippen LogP contribution in [0.25, 0.3) is 0 Å². The summed E-state index contributed by atoms with van der Waals surface area (Å²) in [6, 6.07) is 5.91. The van der Waals surface area contributed by atoms with Crippen molar-refractivity contribution in [2.24, 2.45) is 4.99 Å². The fourth-order valence-electron chi connectivity index (χ4n) is 1.80. The highest BCUT2D eigenvalue weighted by Crippen LogP contribution is 2.20. The molecule has 0 atom stereocenters. The standard InChI is InChI=1S/C14H14N2O5/c1-3-20-14(17)13-9(2)21-8-12(15-13)10-4-6-11(7-5-10)16(18)19/h4-7H,3,8H2,1-2H3. The molecule has 0 saturated heterocycles. The number of carbonyl (C=O) groups is 1. The summed E-state index contributed by atoms with van der Waals surface area (Å²) < 4.78 is 10.3. The first-order valence-electron chi connectivity index (χ1n) is 6.36. The Kier molecular flexibility index (Phi) is 4.32. The SMILES string of the molecule is CCOC(=O)C1=C(C)OCC(c2ccc([N+](=O)[O-])cc2)=N1. The van der Waals surface area contributed by atoms with Gasteiger partial charge < -0.3 is 9.47 Å². The fraction of sp³-hybridized carbons (Fsp3) is 0.286. The van der Waals surface area contributed by atoms with Gasteiger partial charge in [-0.25, -0.2) is 9.79 Å². The van der Waals surface area contributed by atoms with Crippen molar-refractivity contribution in [3.63, 3.8) is 0 Å². The van der Waals surface area contributed by atoms with Gasteiger partial charge in [-0.2, -0.15) is 0 Å². The molecule has 1 aliphatic rings.